The van der Waals surface area contributed by atoms with Crippen LogP contribution < -0.4 is 10.6 Å². The summed E-state index contributed by atoms with van der Waals surface area (Å²) < 4.78 is 13.2. The number of nitrogens with one attached hydrogen (secondary N) is 2. The number of carbonyl (C=O) groups is 2. The van der Waals surface area contributed by atoms with Gasteiger partial charge in [0.1, 0.15) is 11.5 Å². The van der Waals surface area contributed by atoms with Gasteiger partial charge < -0.3 is 10.4 Å². The fourth-order valence-electron chi connectivity index (χ4n) is 1.87. The molecule has 0 bridgehead atoms. The number of halogens is 1. The summed E-state index contributed by atoms with van der Waals surface area (Å²) in [5, 5.41) is 22.2. The number of aromatic carboxylic acids is 1. The number of hydrogen-bond acceptors (Lipinski definition) is 6. The number of nitriles is 1. The summed E-state index contributed by atoms with van der Waals surface area (Å²) in [4.78, 5) is 30.5. The highest BCUT2D eigenvalue weighted by molar-refractivity contribution is 5.95. The van der Waals surface area contributed by atoms with Gasteiger partial charge in [0, 0.05) is 12.6 Å². The average molecular weight is 329 g/mol. The van der Waals surface area contributed by atoms with Gasteiger partial charge in [-0.2, -0.15) is 5.26 Å². The fraction of sp³-hybridized carbons (Fsp3) is 0.133. The van der Waals surface area contributed by atoms with E-state index in [1.807, 2.05) is 0 Å². The molecule has 24 heavy (non-hydrogen) atoms. The predicted octanol–water partition coefficient (Wildman–Crippen LogP) is 1.45. The number of benzene rings is 1. The Balaban J connectivity index is 2.17. The topological polar surface area (TPSA) is 128 Å². The zero-order chi connectivity index (χ0) is 17.7. The molecule has 0 fully saturated rings. The van der Waals surface area contributed by atoms with Crippen LogP contribution in [0, 0.1) is 24.2 Å². The van der Waals surface area contributed by atoms with Gasteiger partial charge in [-0.3, -0.25) is 10.1 Å². The first-order valence-electron chi connectivity index (χ1n) is 6.71. The van der Waals surface area contributed by atoms with Crippen LogP contribution in [0.2, 0.25) is 0 Å². The van der Waals surface area contributed by atoms with Crippen LogP contribution in [0.25, 0.3) is 0 Å². The van der Waals surface area contributed by atoms with Gasteiger partial charge in [0.05, 0.1) is 0 Å². The normalized spacial score (nSPS) is 9.88. The van der Waals surface area contributed by atoms with Crippen molar-refractivity contribution in [3.8, 4) is 6.19 Å². The third-order valence-electron chi connectivity index (χ3n) is 3.02. The van der Waals surface area contributed by atoms with E-state index >= 15 is 0 Å². The molecule has 1 amide bonds. The van der Waals surface area contributed by atoms with Crippen molar-refractivity contribution in [3.63, 3.8) is 0 Å². The van der Waals surface area contributed by atoms with E-state index in [0.717, 1.165) is 6.07 Å². The Kier molecular flexibility index (Phi) is 5.01. The summed E-state index contributed by atoms with van der Waals surface area (Å²) in [6.07, 6.45) is 1.55. The van der Waals surface area contributed by atoms with Crippen molar-refractivity contribution < 1.29 is 19.1 Å². The molecule has 0 atom stereocenters. The Morgan fingerprint density at radius 1 is 1.29 bits per heavy atom. The van der Waals surface area contributed by atoms with E-state index < -0.39 is 17.6 Å². The molecule has 1 aromatic carbocycles. The van der Waals surface area contributed by atoms with Crippen LogP contribution in [0.1, 0.15) is 32.1 Å². The number of carboxylic acid groups (broad SMARTS) is 1. The first-order valence-corrected chi connectivity index (χ1v) is 6.71. The van der Waals surface area contributed by atoms with Gasteiger partial charge in [-0.25, -0.2) is 19.2 Å². The summed E-state index contributed by atoms with van der Waals surface area (Å²) in [6.45, 7) is 1.71. The van der Waals surface area contributed by atoms with E-state index in [0.29, 0.717) is 11.1 Å². The lowest BCUT2D eigenvalue weighted by molar-refractivity contribution is 0.0690. The Labute approximate surface area is 136 Å². The van der Waals surface area contributed by atoms with Crippen LogP contribution in [-0.4, -0.2) is 27.0 Å². The SMILES string of the molecule is Cc1cc(CNC(=O)c2cc(C(=O)O)nc(NC#N)n2)ccc1F. The van der Waals surface area contributed by atoms with E-state index in [9.17, 15) is 14.0 Å². The smallest absolute Gasteiger partial charge is 0.354 e. The van der Waals surface area contributed by atoms with Crippen molar-refractivity contribution in [2.45, 2.75) is 13.5 Å². The van der Waals surface area contributed by atoms with Gasteiger partial charge in [-0.05, 0) is 24.1 Å². The van der Waals surface area contributed by atoms with E-state index in [1.165, 1.54) is 12.1 Å². The third-order valence-corrected chi connectivity index (χ3v) is 3.02. The van der Waals surface area contributed by atoms with Gasteiger partial charge in [0.25, 0.3) is 5.91 Å². The maximum atomic E-state index is 13.2. The number of aryl methyl sites for hydroxylation is 1. The molecule has 0 aliphatic heterocycles. The molecular weight excluding hydrogens is 317 g/mol. The summed E-state index contributed by atoms with van der Waals surface area (Å²) in [5.41, 5.74) is 0.479. The van der Waals surface area contributed by atoms with Crippen molar-refractivity contribution in [3.05, 3.63) is 52.6 Å². The monoisotopic (exact) mass is 329 g/mol. The highest BCUT2D eigenvalue weighted by Crippen LogP contribution is 2.10. The fourth-order valence-corrected chi connectivity index (χ4v) is 1.87. The average Bonchev–Trinajstić information content (AvgIpc) is 2.55. The van der Waals surface area contributed by atoms with Crippen LogP contribution in [0.3, 0.4) is 0 Å². The molecule has 122 valence electrons. The summed E-state index contributed by atoms with van der Waals surface area (Å²) in [5.74, 6) is -2.65. The van der Waals surface area contributed by atoms with Gasteiger partial charge in [0.2, 0.25) is 5.95 Å². The molecule has 3 N–H and O–H groups in total. The molecule has 0 saturated carbocycles. The van der Waals surface area contributed by atoms with Crippen LogP contribution in [0.4, 0.5) is 10.3 Å². The minimum absolute atomic E-state index is 0.105. The molecular formula is C15H12FN5O3. The molecule has 8 nitrogen and oxygen atoms in total. The predicted molar refractivity (Wildman–Crippen MR) is 80.5 cm³/mol. The van der Waals surface area contributed by atoms with Gasteiger partial charge in [-0.1, -0.05) is 12.1 Å². The minimum Gasteiger partial charge on any atom is -0.477 e. The van der Waals surface area contributed by atoms with Crippen molar-refractivity contribution in [1.29, 1.82) is 5.26 Å². The van der Waals surface area contributed by atoms with Crippen LogP contribution >= 0.6 is 0 Å². The Morgan fingerprint density at radius 3 is 2.62 bits per heavy atom. The zero-order valence-electron chi connectivity index (χ0n) is 12.5. The summed E-state index contributed by atoms with van der Waals surface area (Å²) in [7, 11) is 0. The number of amides is 1. The van der Waals surface area contributed by atoms with Crippen LogP contribution in [0.5, 0.6) is 0 Å². The quantitative estimate of drug-likeness (QED) is 0.559. The van der Waals surface area contributed by atoms with E-state index in [-0.39, 0.29) is 24.0 Å². The summed E-state index contributed by atoms with van der Waals surface area (Å²) >= 11 is 0. The molecule has 0 saturated heterocycles. The molecule has 2 aromatic rings. The first kappa shape index (κ1) is 16.8. The molecule has 9 heteroatoms. The highest BCUT2D eigenvalue weighted by Gasteiger charge is 2.15. The second-order valence-electron chi connectivity index (χ2n) is 4.77. The standard InChI is InChI=1S/C15H12FN5O3/c1-8-4-9(2-3-10(8)16)6-18-13(22)11-5-12(14(23)24)21-15(20-11)19-7-17/h2-5H,6H2,1H3,(H,18,22)(H,23,24)(H,19,20,21). The second-order valence-corrected chi connectivity index (χ2v) is 4.77. The lowest BCUT2D eigenvalue weighted by Crippen LogP contribution is -2.25. The summed E-state index contributed by atoms with van der Waals surface area (Å²) in [6, 6.07) is 5.39. The number of aromatic nitrogens is 2. The van der Waals surface area contributed by atoms with Gasteiger partial charge in [-0.15, -0.1) is 0 Å². The van der Waals surface area contributed by atoms with Crippen molar-refractivity contribution in [2.24, 2.45) is 0 Å². The Morgan fingerprint density at radius 2 is 2.00 bits per heavy atom. The van der Waals surface area contributed by atoms with E-state index in [4.69, 9.17) is 10.4 Å². The number of nitrogens with zero attached hydrogens (tertiary/aromatic N) is 3. The number of carboxylic acids is 1. The second kappa shape index (κ2) is 7.15. The molecule has 0 spiro atoms. The largest absolute Gasteiger partial charge is 0.477 e. The van der Waals surface area contributed by atoms with Gasteiger partial charge in [0.15, 0.2) is 11.9 Å². The van der Waals surface area contributed by atoms with E-state index in [2.05, 4.69) is 20.6 Å². The van der Waals surface area contributed by atoms with Crippen molar-refractivity contribution >= 4 is 17.8 Å². The Hall–Kier alpha value is -3.54. The molecule has 1 aromatic heterocycles. The van der Waals surface area contributed by atoms with Crippen molar-refractivity contribution in [2.75, 3.05) is 5.32 Å². The van der Waals surface area contributed by atoms with Crippen LogP contribution in [-0.2, 0) is 6.54 Å². The molecule has 1 heterocycles. The number of carbonyl (C=O) groups excluding carboxylic acids is 1. The lowest BCUT2D eigenvalue weighted by Gasteiger charge is -2.07. The highest BCUT2D eigenvalue weighted by atomic mass is 19.1. The van der Waals surface area contributed by atoms with Crippen molar-refractivity contribution in [1.82, 2.24) is 15.3 Å². The molecule has 0 aliphatic carbocycles. The first-order chi connectivity index (χ1) is 11.4. The number of rotatable bonds is 5. The third kappa shape index (κ3) is 4.01. The molecule has 0 radical (unpaired) electrons. The molecule has 0 unspecified atom stereocenters. The number of anilines is 1. The lowest BCUT2D eigenvalue weighted by atomic mass is 10.1. The maximum Gasteiger partial charge on any atom is 0.354 e. The Bertz CT molecular complexity index is 847. The minimum atomic E-state index is -1.36. The molecule has 0 aliphatic rings. The zero-order valence-corrected chi connectivity index (χ0v) is 12.5. The maximum absolute atomic E-state index is 13.2. The number of hydrogen-bond donors (Lipinski definition) is 3. The molecule has 2 rings (SSSR count). The van der Waals surface area contributed by atoms with E-state index in [1.54, 1.807) is 19.2 Å². The van der Waals surface area contributed by atoms with Gasteiger partial charge >= 0.3 is 5.97 Å². The van der Waals surface area contributed by atoms with Crippen LogP contribution in [0.15, 0.2) is 24.3 Å².